The van der Waals surface area contributed by atoms with Gasteiger partial charge in [-0.05, 0) is 0 Å². The van der Waals surface area contributed by atoms with Crippen LogP contribution in [0.25, 0.3) is 0 Å². The Balaban J connectivity index is 2.63. The third-order valence-electron chi connectivity index (χ3n) is 0.201. The number of halogens is 2. The van der Waals surface area contributed by atoms with Crippen LogP contribution in [0, 0.1) is 0 Å². The molecule has 0 fully saturated rings. The van der Waals surface area contributed by atoms with Gasteiger partial charge >= 0.3 is 0 Å². The van der Waals surface area contributed by atoms with Gasteiger partial charge in [0.2, 0.25) is 0 Å². The van der Waals surface area contributed by atoms with Gasteiger partial charge in [0, 0.05) is 0 Å². The predicted octanol–water partition coefficient (Wildman–Crippen LogP) is 1.28. The van der Waals surface area contributed by atoms with Crippen molar-refractivity contribution < 1.29 is 10.1 Å². The lowest BCUT2D eigenvalue weighted by atomic mass is 10.9. The third-order valence-corrected chi connectivity index (χ3v) is 0.453. The maximum atomic E-state index is 7.57. The molecule has 0 heterocycles. The number of hydrogen-bond acceptors (Lipinski definition) is 2. The van der Waals surface area contributed by atoms with Crippen molar-refractivity contribution >= 4 is 23.2 Å². The summed E-state index contributed by atoms with van der Waals surface area (Å²) in [6, 6.07) is 0. The van der Waals surface area contributed by atoms with E-state index in [2.05, 4.69) is 4.89 Å². The molecule has 0 unspecified atom stereocenters. The summed E-state index contributed by atoms with van der Waals surface area (Å²) in [5, 5.41) is 7.57. The van der Waals surface area contributed by atoms with Crippen molar-refractivity contribution in [3.8, 4) is 0 Å². The Hall–Kier alpha value is 0.500. The molecule has 4 heteroatoms. The highest BCUT2D eigenvalue weighted by Crippen LogP contribution is 1.98. The predicted molar refractivity (Wildman–Crippen MR) is 24.1 cm³/mol. The lowest BCUT2D eigenvalue weighted by molar-refractivity contribution is -0.238. The van der Waals surface area contributed by atoms with Crippen molar-refractivity contribution in [3.63, 3.8) is 0 Å². The highest BCUT2D eigenvalue weighted by atomic mass is 35.5. The van der Waals surface area contributed by atoms with Crippen LogP contribution < -0.4 is 0 Å². The second-order valence-electron chi connectivity index (χ2n) is 0.687. The first-order valence-corrected chi connectivity index (χ1v) is 2.19. The van der Waals surface area contributed by atoms with E-state index in [4.69, 9.17) is 28.5 Å². The van der Waals surface area contributed by atoms with Gasteiger partial charge in [-0.3, -0.25) is 5.26 Å². The van der Waals surface area contributed by atoms with Crippen molar-refractivity contribution in [2.24, 2.45) is 0 Å². The molecule has 0 saturated carbocycles. The first-order valence-electron chi connectivity index (χ1n) is 1.32. The Morgan fingerprint density at radius 3 is 2.17 bits per heavy atom. The van der Waals surface area contributed by atoms with Crippen LogP contribution in [0.2, 0.25) is 0 Å². The van der Waals surface area contributed by atoms with E-state index in [9.17, 15) is 0 Å². The Kier molecular flexibility index (Phi) is 3.99. The van der Waals surface area contributed by atoms with Gasteiger partial charge in [-0.15, -0.1) is 23.2 Å². The minimum absolute atomic E-state index is 0.0386. The fourth-order valence-electron chi connectivity index (χ4n) is 0.0563. The summed E-state index contributed by atoms with van der Waals surface area (Å²) in [4.78, 5) is 2.91. The van der Waals surface area contributed by atoms with Crippen LogP contribution in [0.15, 0.2) is 0 Å². The van der Waals surface area contributed by atoms with E-state index in [1.165, 1.54) is 0 Å². The highest BCUT2D eigenvalue weighted by Gasteiger charge is 1.93. The summed E-state index contributed by atoms with van der Waals surface area (Å²) in [6.45, 7) is -0.0386. The molecule has 0 rings (SSSR count). The molecular weight excluding hydrogens is 127 g/mol. The molecule has 0 aromatic rings. The molecular formula is C2H4Cl2O2. The van der Waals surface area contributed by atoms with Crippen LogP contribution in [0.4, 0.5) is 0 Å². The van der Waals surface area contributed by atoms with Gasteiger partial charge in [0.25, 0.3) is 0 Å². The Labute approximate surface area is 45.5 Å². The second kappa shape index (κ2) is 3.68. The zero-order chi connectivity index (χ0) is 4.99. The third kappa shape index (κ3) is 4.50. The van der Waals surface area contributed by atoms with Crippen LogP contribution in [-0.2, 0) is 4.89 Å². The molecule has 0 atom stereocenters. The van der Waals surface area contributed by atoms with Crippen LogP contribution in [-0.4, -0.2) is 16.7 Å². The monoisotopic (exact) mass is 130 g/mol. The van der Waals surface area contributed by atoms with Gasteiger partial charge in [-0.2, -0.15) is 0 Å². The topological polar surface area (TPSA) is 29.5 Å². The fourth-order valence-corrected chi connectivity index (χ4v) is 0.169. The van der Waals surface area contributed by atoms with E-state index in [0.29, 0.717) is 0 Å². The molecule has 6 heavy (non-hydrogen) atoms. The van der Waals surface area contributed by atoms with Gasteiger partial charge in [-0.25, -0.2) is 4.89 Å². The molecule has 38 valence electrons. The number of alkyl halides is 2. The minimum Gasteiger partial charge on any atom is -0.252 e. The molecule has 0 radical (unpaired) electrons. The van der Waals surface area contributed by atoms with E-state index in [1.54, 1.807) is 0 Å². The zero-order valence-corrected chi connectivity index (χ0v) is 4.41. The quantitative estimate of drug-likeness (QED) is 0.347. The van der Waals surface area contributed by atoms with Crippen molar-refractivity contribution in [1.29, 1.82) is 0 Å². The van der Waals surface area contributed by atoms with Gasteiger partial charge in [0.1, 0.15) is 11.4 Å². The summed E-state index contributed by atoms with van der Waals surface area (Å²) in [6.07, 6.45) is 0. The molecule has 0 aromatic heterocycles. The van der Waals surface area contributed by atoms with Crippen LogP contribution in [0.1, 0.15) is 0 Å². The highest BCUT2D eigenvalue weighted by molar-refractivity contribution is 6.44. The molecule has 2 nitrogen and oxygen atoms in total. The van der Waals surface area contributed by atoms with E-state index >= 15 is 0 Å². The molecule has 0 aliphatic carbocycles. The maximum absolute atomic E-state index is 7.57. The Morgan fingerprint density at radius 1 is 1.67 bits per heavy atom. The fraction of sp³-hybridized carbons (Fsp3) is 1.00. The number of rotatable bonds is 2. The second-order valence-corrected chi connectivity index (χ2v) is 1.96. The minimum atomic E-state index is -0.630. The van der Waals surface area contributed by atoms with Gasteiger partial charge in [0.15, 0.2) is 0 Å². The van der Waals surface area contributed by atoms with E-state index in [0.717, 1.165) is 0 Å². The average molecular weight is 131 g/mol. The lowest BCUT2D eigenvalue weighted by Crippen LogP contribution is -1.96. The Bertz CT molecular complexity index is 30.7. The Morgan fingerprint density at radius 2 is 2.17 bits per heavy atom. The number of hydrogen-bond donors (Lipinski definition) is 1. The van der Waals surface area contributed by atoms with E-state index < -0.39 is 4.84 Å². The van der Waals surface area contributed by atoms with Crippen molar-refractivity contribution in [2.45, 2.75) is 4.84 Å². The molecule has 0 aromatic carbocycles. The molecule has 0 amide bonds. The zero-order valence-electron chi connectivity index (χ0n) is 2.90. The standard InChI is InChI=1S/C2H4Cl2O2/c3-2(4)1-6-5/h2,5H,1H2. The van der Waals surface area contributed by atoms with Crippen molar-refractivity contribution in [3.05, 3.63) is 0 Å². The first kappa shape index (κ1) is 6.50. The molecule has 0 spiro atoms. The van der Waals surface area contributed by atoms with E-state index in [1.807, 2.05) is 0 Å². The van der Waals surface area contributed by atoms with E-state index in [-0.39, 0.29) is 6.61 Å². The normalized spacial score (nSPS) is 10.0. The molecule has 0 aliphatic rings. The SMILES string of the molecule is OOCC(Cl)Cl. The smallest absolute Gasteiger partial charge is 0.134 e. The molecule has 1 N–H and O–H groups in total. The molecule has 0 aliphatic heterocycles. The maximum Gasteiger partial charge on any atom is 0.134 e. The first-order chi connectivity index (χ1) is 2.77. The van der Waals surface area contributed by atoms with Gasteiger partial charge in [0.05, 0.1) is 0 Å². The van der Waals surface area contributed by atoms with Gasteiger partial charge < -0.3 is 0 Å². The van der Waals surface area contributed by atoms with Crippen LogP contribution in [0.3, 0.4) is 0 Å². The summed E-state index contributed by atoms with van der Waals surface area (Å²) < 4.78 is 0. The van der Waals surface area contributed by atoms with Gasteiger partial charge in [-0.1, -0.05) is 0 Å². The lowest BCUT2D eigenvalue weighted by Gasteiger charge is -1.90. The summed E-state index contributed by atoms with van der Waals surface area (Å²) in [5.41, 5.74) is 0. The molecule has 0 bridgehead atoms. The van der Waals surface area contributed by atoms with Crippen LogP contribution in [0.5, 0.6) is 0 Å². The summed E-state index contributed by atoms with van der Waals surface area (Å²) in [5.74, 6) is 0. The van der Waals surface area contributed by atoms with Crippen LogP contribution >= 0.6 is 23.2 Å². The average Bonchev–Trinajstić information content (AvgIpc) is 1.35. The molecule has 0 saturated heterocycles. The summed E-state index contributed by atoms with van der Waals surface area (Å²) in [7, 11) is 0. The largest absolute Gasteiger partial charge is 0.252 e. The van der Waals surface area contributed by atoms with Crippen molar-refractivity contribution in [1.82, 2.24) is 0 Å². The van der Waals surface area contributed by atoms with Crippen molar-refractivity contribution in [2.75, 3.05) is 6.61 Å². The summed E-state index contributed by atoms with van der Waals surface area (Å²) >= 11 is 10.1.